The van der Waals surface area contributed by atoms with Gasteiger partial charge in [-0.1, -0.05) is 20.8 Å². The van der Waals surface area contributed by atoms with Gasteiger partial charge in [-0.25, -0.2) is 9.18 Å². The second-order valence-electron chi connectivity index (χ2n) is 7.47. The van der Waals surface area contributed by atoms with Gasteiger partial charge in [-0.15, -0.1) is 0 Å². The fourth-order valence-electron chi connectivity index (χ4n) is 2.70. The minimum absolute atomic E-state index is 0.0566. The summed E-state index contributed by atoms with van der Waals surface area (Å²) < 4.78 is 13.9. The standard InChI is InChI=1S/C15H23FN2O5/c1-14(2,3)10(17-13(23)15(16)4-5-15)11(20)18-7-8(19)6-9(18)12(21)22/h8-10,19H,4-7H2,1-3H3,(H,17,23)(H,21,22). The van der Waals surface area contributed by atoms with E-state index in [1.165, 1.54) is 0 Å². The predicted molar refractivity (Wildman–Crippen MR) is 78.2 cm³/mol. The molecule has 2 amide bonds. The van der Waals surface area contributed by atoms with Gasteiger partial charge in [0.2, 0.25) is 5.91 Å². The minimum Gasteiger partial charge on any atom is -0.480 e. The second kappa shape index (κ2) is 5.74. The molecule has 1 heterocycles. The lowest BCUT2D eigenvalue weighted by molar-refractivity contribution is -0.151. The molecule has 8 heteroatoms. The van der Waals surface area contributed by atoms with Crippen LogP contribution in [0.3, 0.4) is 0 Å². The summed E-state index contributed by atoms with van der Waals surface area (Å²) in [5, 5.41) is 21.3. The van der Waals surface area contributed by atoms with Crippen molar-refractivity contribution < 1.29 is 29.0 Å². The number of carboxylic acid groups (broad SMARTS) is 1. The van der Waals surface area contributed by atoms with Crippen molar-refractivity contribution in [1.82, 2.24) is 10.2 Å². The molecule has 3 N–H and O–H groups in total. The van der Waals surface area contributed by atoms with Crippen LogP contribution in [0.2, 0.25) is 0 Å². The molecule has 2 fully saturated rings. The molecule has 0 spiro atoms. The number of carboxylic acids is 1. The van der Waals surface area contributed by atoms with E-state index < -0.39 is 47.1 Å². The summed E-state index contributed by atoms with van der Waals surface area (Å²) in [6.07, 6.45) is -0.722. The highest BCUT2D eigenvalue weighted by molar-refractivity contribution is 5.95. The van der Waals surface area contributed by atoms with Crippen molar-refractivity contribution in [2.24, 2.45) is 5.41 Å². The Morgan fingerprint density at radius 3 is 2.30 bits per heavy atom. The number of nitrogens with one attached hydrogen (secondary N) is 1. The highest BCUT2D eigenvalue weighted by atomic mass is 19.1. The zero-order chi connectivity index (χ0) is 17.6. The van der Waals surface area contributed by atoms with Crippen LogP contribution in [0, 0.1) is 5.41 Å². The first-order valence-corrected chi connectivity index (χ1v) is 7.67. The molecule has 23 heavy (non-hydrogen) atoms. The SMILES string of the molecule is CC(C)(C)C(NC(=O)C1(F)CC1)C(=O)N1CC(O)CC1C(=O)O. The average molecular weight is 330 g/mol. The number of carbonyl (C=O) groups excluding carboxylic acids is 2. The summed E-state index contributed by atoms with van der Waals surface area (Å²) in [5.41, 5.74) is -2.64. The molecule has 1 aliphatic heterocycles. The Bertz CT molecular complexity index is 526. The molecular formula is C15H23FN2O5. The number of amides is 2. The number of likely N-dealkylation sites (tertiary alicyclic amines) is 1. The molecule has 1 saturated carbocycles. The molecule has 1 saturated heterocycles. The van der Waals surface area contributed by atoms with E-state index in [0.29, 0.717) is 0 Å². The molecule has 0 bridgehead atoms. The van der Waals surface area contributed by atoms with Crippen LogP contribution in [0.5, 0.6) is 0 Å². The summed E-state index contributed by atoms with van der Waals surface area (Å²) >= 11 is 0. The molecule has 130 valence electrons. The summed E-state index contributed by atoms with van der Waals surface area (Å²) in [4.78, 5) is 37.0. The molecule has 0 aromatic rings. The van der Waals surface area contributed by atoms with Crippen molar-refractivity contribution >= 4 is 17.8 Å². The lowest BCUT2D eigenvalue weighted by Crippen LogP contribution is -2.58. The summed E-state index contributed by atoms with van der Waals surface area (Å²) in [5.74, 6) is -2.66. The van der Waals surface area contributed by atoms with Crippen LogP contribution in [0.25, 0.3) is 0 Å². The van der Waals surface area contributed by atoms with Crippen LogP contribution >= 0.6 is 0 Å². The Hall–Kier alpha value is -1.70. The lowest BCUT2D eigenvalue weighted by Gasteiger charge is -2.35. The van der Waals surface area contributed by atoms with Gasteiger partial charge in [0.15, 0.2) is 5.67 Å². The van der Waals surface area contributed by atoms with Crippen molar-refractivity contribution in [3.63, 3.8) is 0 Å². The van der Waals surface area contributed by atoms with Gasteiger partial charge in [0.05, 0.1) is 6.10 Å². The normalized spacial score (nSPS) is 27.4. The number of aliphatic hydroxyl groups is 1. The number of β-amino-alcohol motifs (C(OH)–C–C–N with tert-alkyl or cyclic N) is 1. The molecule has 0 aromatic carbocycles. The van der Waals surface area contributed by atoms with Gasteiger partial charge in [0, 0.05) is 13.0 Å². The molecule has 3 atom stereocenters. The third kappa shape index (κ3) is 3.63. The summed E-state index contributed by atoms with van der Waals surface area (Å²) in [6, 6.07) is -2.20. The average Bonchev–Trinajstić information content (AvgIpc) is 3.04. The van der Waals surface area contributed by atoms with E-state index in [9.17, 15) is 29.0 Å². The number of rotatable bonds is 4. The fourth-order valence-corrected chi connectivity index (χ4v) is 2.70. The molecule has 2 aliphatic rings. The number of hydrogen-bond acceptors (Lipinski definition) is 4. The van der Waals surface area contributed by atoms with E-state index in [0.717, 1.165) is 4.90 Å². The smallest absolute Gasteiger partial charge is 0.326 e. The van der Waals surface area contributed by atoms with E-state index in [1.807, 2.05) is 0 Å². The maximum absolute atomic E-state index is 13.9. The van der Waals surface area contributed by atoms with Gasteiger partial charge in [-0.2, -0.15) is 0 Å². The number of alkyl halides is 1. The third-order valence-electron chi connectivity index (χ3n) is 4.33. The number of halogens is 1. The van der Waals surface area contributed by atoms with Gasteiger partial charge in [-0.05, 0) is 18.3 Å². The maximum Gasteiger partial charge on any atom is 0.326 e. The predicted octanol–water partition coefficient (Wildman–Crippen LogP) is 0.0658. The quantitative estimate of drug-likeness (QED) is 0.676. The Kier molecular flexibility index (Phi) is 4.40. The first-order valence-electron chi connectivity index (χ1n) is 7.67. The summed E-state index contributed by atoms with van der Waals surface area (Å²) in [6.45, 7) is 5.00. The maximum atomic E-state index is 13.9. The van der Waals surface area contributed by atoms with E-state index in [-0.39, 0.29) is 25.8 Å². The second-order valence-corrected chi connectivity index (χ2v) is 7.47. The Morgan fingerprint density at radius 1 is 1.30 bits per heavy atom. The molecule has 0 aromatic heterocycles. The van der Waals surface area contributed by atoms with Gasteiger partial charge in [0.1, 0.15) is 12.1 Å². The largest absolute Gasteiger partial charge is 0.480 e. The van der Waals surface area contributed by atoms with Crippen LogP contribution in [0.15, 0.2) is 0 Å². The topological polar surface area (TPSA) is 107 Å². The fraction of sp³-hybridized carbons (Fsp3) is 0.800. The first kappa shape index (κ1) is 17.7. The monoisotopic (exact) mass is 330 g/mol. The zero-order valence-corrected chi connectivity index (χ0v) is 13.5. The van der Waals surface area contributed by atoms with Gasteiger partial charge in [0.25, 0.3) is 5.91 Å². The Balaban J connectivity index is 2.19. The molecule has 2 rings (SSSR count). The van der Waals surface area contributed by atoms with Crippen LogP contribution < -0.4 is 5.32 Å². The zero-order valence-electron chi connectivity index (χ0n) is 13.5. The van der Waals surface area contributed by atoms with Crippen LogP contribution in [0.4, 0.5) is 4.39 Å². The number of nitrogens with zero attached hydrogens (tertiary/aromatic N) is 1. The van der Waals surface area contributed by atoms with Crippen molar-refractivity contribution in [1.29, 1.82) is 0 Å². The van der Waals surface area contributed by atoms with Gasteiger partial charge in [-0.3, -0.25) is 9.59 Å². The Morgan fingerprint density at radius 2 is 1.87 bits per heavy atom. The first-order chi connectivity index (χ1) is 10.5. The van der Waals surface area contributed by atoms with Crippen LogP contribution in [-0.4, -0.2) is 63.3 Å². The van der Waals surface area contributed by atoms with Crippen molar-refractivity contribution in [2.45, 2.75) is 63.9 Å². The highest BCUT2D eigenvalue weighted by Gasteiger charge is 2.53. The number of hydrogen-bond donors (Lipinski definition) is 3. The van der Waals surface area contributed by atoms with E-state index in [4.69, 9.17) is 0 Å². The van der Waals surface area contributed by atoms with Crippen molar-refractivity contribution in [3.8, 4) is 0 Å². The van der Waals surface area contributed by atoms with E-state index >= 15 is 0 Å². The van der Waals surface area contributed by atoms with Crippen molar-refractivity contribution in [2.75, 3.05) is 6.54 Å². The van der Waals surface area contributed by atoms with E-state index in [2.05, 4.69) is 5.32 Å². The minimum atomic E-state index is -1.92. The molecule has 7 nitrogen and oxygen atoms in total. The molecule has 0 radical (unpaired) electrons. The highest BCUT2D eigenvalue weighted by Crippen LogP contribution is 2.40. The number of aliphatic hydroxyl groups excluding tert-OH is 1. The van der Waals surface area contributed by atoms with Gasteiger partial charge < -0.3 is 20.4 Å². The van der Waals surface area contributed by atoms with E-state index in [1.54, 1.807) is 20.8 Å². The van der Waals surface area contributed by atoms with Crippen LogP contribution in [0.1, 0.15) is 40.0 Å². The third-order valence-corrected chi connectivity index (χ3v) is 4.33. The van der Waals surface area contributed by atoms with Crippen LogP contribution in [-0.2, 0) is 14.4 Å². The van der Waals surface area contributed by atoms with Gasteiger partial charge >= 0.3 is 5.97 Å². The molecule has 3 unspecified atom stereocenters. The molecular weight excluding hydrogens is 307 g/mol. The molecule has 1 aliphatic carbocycles. The summed E-state index contributed by atoms with van der Waals surface area (Å²) in [7, 11) is 0. The van der Waals surface area contributed by atoms with Crippen molar-refractivity contribution in [3.05, 3.63) is 0 Å². The number of carbonyl (C=O) groups is 3. The Labute approximate surface area is 133 Å². The number of aliphatic carboxylic acids is 1. The lowest BCUT2D eigenvalue weighted by atomic mass is 9.85.